The van der Waals surface area contributed by atoms with E-state index in [0.29, 0.717) is 37.8 Å². The molecule has 2 aliphatic rings. The molecule has 2 fully saturated rings. The van der Waals surface area contributed by atoms with Gasteiger partial charge < -0.3 is 40.2 Å². The summed E-state index contributed by atoms with van der Waals surface area (Å²) in [5, 5.41) is 17.3. The van der Waals surface area contributed by atoms with Gasteiger partial charge in [0.15, 0.2) is 0 Å². The molecule has 4 amide bonds. The van der Waals surface area contributed by atoms with E-state index in [-0.39, 0.29) is 49.6 Å². The van der Waals surface area contributed by atoms with E-state index in [1.165, 1.54) is 63.4 Å². The van der Waals surface area contributed by atoms with E-state index in [4.69, 9.17) is 4.74 Å². The van der Waals surface area contributed by atoms with Gasteiger partial charge in [0.1, 0.15) is 25.2 Å². The molecule has 5 N–H and O–H groups in total. The number of aliphatic carboxylic acids is 1. The Balaban J connectivity index is 0.000000251. The fourth-order valence-corrected chi connectivity index (χ4v) is 9.71. The molecule has 14 nitrogen and oxygen atoms in total. The van der Waals surface area contributed by atoms with Crippen molar-refractivity contribution in [1.29, 1.82) is 0 Å². The molecule has 0 radical (unpaired) electrons. The smallest absolute Gasteiger partial charge is 0.325 e. The van der Waals surface area contributed by atoms with Crippen LogP contribution in [0, 0.1) is 11.8 Å². The van der Waals surface area contributed by atoms with Gasteiger partial charge in [-0.3, -0.25) is 28.8 Å². The van der Waals surface area contributed by atoms with Gasteiger partial charge >= 0.3 is 11.9 Å². The first-order valence-electron chi connectivity index (χ1n) is 25.0. The zero-order chi connectivity index (χ0) is 48.0. The number of H-pyrrole nitrogens is 2. The summed E-state index contributed by atoms with van der Waals surface area (Å²) in [6.07, 6.45) is 22.3. The molecule has 14 heteroatoms. The van der Waals surface area contributed by atoms with Gasteiger partial charge in [0.25, 0.3) is 0 Å². The molecule has 2 aliphatic carbocycles. The Morgan fingerprint density at radius 1 is 0.642 bits per heavy atom. The zero-order valence-electron chi connectivity index (χ0n) is 40.3. The van der Waals surface area contributed by atoms with Crippen molar-refractivity contribution >= 4 is 57.4 Å². The lowest BCUT2D eigenvalue weighted by Gasteiger charge is -2.29. The first kappa shape index (κ1) is 52.3. The van der Waals surface area contributed by atoms with Crippen molar-refractivity contribution in [2.24, 2.45) is 11.8 Å². The lowest BCUT2D eigenvalue weighted by molar-refractivity contribution is -0.148. The molecular formula is C53H76N6O8. The van der Waals surface area contributed by atoms with Crippen LogP contribution < -0.4 is 10.6 Å². The number of carboxylic acids is 1. The van der Waals surface area contributed by atoms with Crippen LogP contribution in [0.25, 0.3) is 21.8 Å². The third kappa shape index (κ3) is 16.9. The number of unbranched alkanes of at least 4 members (excludes halogenated alkanes) is 2. The average Bonchev–Trinajstić information content (AvgIpc) is 3.95. The highest BCUT2D eigenvalue weighted by Gasteiger charge is 2.30. The Morgan fingerprint density at radius 3 is 1.46 bits per heavy atom. The number of rotatable bonds is 24. The number of esters is 1. The Kier molecular flexibility index (Phi) is 21.7. The number of nitrogens with one attached hydrogen (secondary N) is 4. The molecule has 4 aromatic rings. The van der Waals surface area contributed by atoms with Crippen molar-refractivity contribution in [3.05, 3.63) is 72.1 Å². The molecule has 366 valence electrons. The van der Waals surface area contributed by atoms with Crippen LogP contribution in [0.3, 0.4) is 0 Å². The summed E-state index contributed by atoms with van der Waals surface area (Å²) in [4.78, 5) is 85.6. The van der Waals surface area contributed by atoms with Crippen LogP contribution in [0.1, 0.15) is 141 Å². The van der Waals surface area contributed by atoms with Crippen molar-refractivity contribution in [1.82, 2.24) is 30.4 Å². The molecule has 0 unspecified atom stereocenters. The third-order valence-corrected chi connectivity index (χ3v) is 13.6. The summed E-state index contributed by atoms with van der Waals surface area (Å²) in [5.74, 6) is -1.21. The molecule has 0 bridgehead atoms. The Bertz CT molecular complexity index is 2190. The predicted octanol–water partition coefficient (Wildman–Crippen LogP) is 8.63. The van der Waals surface area contributed by atoms with Crippen molar-refractivity contribution < 1.29 is 38.6 Å². The number of carboxylic acid groups (broad SMARTS) is 1. The number of benzene rings is 2. The Morgan fingerprint density at radius 2 is 1.06 bits per heavy atom. The predicted molar refractivity (Wildman–Crippen MR) is 262 cm³/mol. The quantitative estimate of drug-likeness (QED) is 0.0431. The minimum Gasteiger partial charge on any atom is -0.480 e. The number of ether oxygens (including phenoxy) is 1. The minimum atomic E-state index is -1.02. The number of carbonyl (C=O) groups is 6. The standard InChI is InChI=1S/C27H39N3O4.C26H37N3O4/c1-3-4-13-24(29-25(31)17-21-18-28-23-14-9-8-12-22(21)23)27(33)30(19-26(32)34-2)16-15-20-10-6-5-7-11-20;1-2-3-12-23(28-24(30)16-20-17-27-22-13-8-7-11-21(20)22)26(33)29(18-25(31)32)15-14-19-9-5-4-6-10-19/h8-9,12,14,18,20,24,28H,3-7,10-11,13,15-17,19H2,1-2H3,(H,29,31);7-8,11,13,17,19,23,27H,2-6,9-10,12,14-16,18H2,1H3,(H,28,30)(H,31,32)/t24-;23-/m00/s1. The van der Waals surface area contributed by atoms with Gasteiger partial charge in [0.2, 0.25) is 23.6 Å². The number of hydrogen-bond donors (Lipinski definition) is 5. The summed E-state index contributed by atoms with van der Waals surface area (Å²) < 4.78 is 4.85. The Labute approximate surface area is 396 Å². The largest absolute Gasteiger partial charge is 0.480 e. The minimum absolute atomic E-state index is 0.0804. The maximum absolute atomic E-state index is 13.5. The topological polar surface area (TPSA) is 194 Å². The van der Waals surface area contributed by atoms with Crippen molar-refractivity contribution in [3.8, 4) is 0 Å². The first-order chi connectivity index (χ1) is 32.5. The second-order valence-corrected chi connectivity index (χ2v) is 18.7. The summed E-state index contributed by atoms with van der Waals surface area (Å²) in [6, 6.07) is 14.3. The van der Waals surface area contributed by atoms with Crippen molar-refractivity contribution in [2.75, 3.05) is 33.3 Å². The highest BCUT2D eigenvalue weighted by atomic mass is 16.5. The van der Waals surface area contributed by atoms with E-state index in [9.17, 15) is 33.9 Å². The molecular weight excluding hydrogens is 849 g/mol. The maximum Gasteiger partial charge on any atom is 0.325 e. The lowest BCUT2D eigenvalue weighted by atomic mass is 9.87. The number of aromatic nitrogens is 2. The molecule has 67 heavy (non-hydrogen) atoms. The van der Waals surface area contributed by atoms with Crippen molar-refractivity contribution in [2.45, 2.75) is 154 Å². The van der Waals surface area contributed by atoms with Crippen LogP contribution in [0.4, 0.5) is 0 Å². The number of aromatic amines is 2. The number of hydrogen-bond acceptors (Lipinski definition) is 7. The van der Waals surface area contributed by atoms with Crippen LogP contribution in [0.5, 0.6) is 0 Å². The second-order valence-electron chi connectivity index (χ2n) is 18.7. The number of nitrogens with zero attached hydrogens (tertiary/aromatic N) is 2. The normalized spacial score (nSPS) is 15.2. The number of methoxy groups -OCH3 is 1. The number of fused-ring (bicyclic) bond motifs is 2. The van der Waals surface area contributed by atoms with Crippen LogP contribution >= 0.6 is 0 Å². The van der Waals surface area contributed by atoms with Crippen LogP contribution in [-0.4, -0.2) is 106 Å². The van der Waals surface area contributed by atoms with Crippen LogP contribution in [0.15, 0.2) is 60.9 Å². The molecule has 2 atom stereocenters. The number of carbonyl (C=O) groups excluding carboxylic acids is 5. The fraction of sp³-hybridized carbons (Fsp3) is 0.585. The van der Waals surface area contributed by atoms with Crippen LogP contribution in [-0.2, 0) is 46.3 Å². The summed E-state index contributed by atoms with van der Waals surface area (Å²) in [5.41, 5.74) is 3.73. The van der Waals surface area contributed by atoms with Gasteiger partial charge in [-0.1, -0.05) is 140 Å². The van der Waals surface area contributed by atoms with Gasteiger partial charge in [-0.05, 0) is 60.8 Å². The number of amides is 4. The average molecular weight is 925 g/mol. The zero-order valence-corrected chi connectivity index (χ0v) is 40.3. The molecule has 0 spiro atoms. The SMILES string of the molecule is CCCC[C@H](NC(=O)Cc1c[nH]c2ccccc12)C(=O)N(CCC1CCCCC1)CC(=O)O.CCCC[C@H](NC(=O)Cc1c[nH]c2ccccc12)C(=O)N(CCC1CCCCC1)CC(=O)OC. The van der Waals surface area contributed by atoms with E-state index in [1.807, 2.05) is 67.8 Å². The molecule has 2 aromatic heterocycles. The summed E-state index contributed by atoms with van der Waals surface area (Å²) in [7, 11) is 1.34. The van der Waals surface area contributed by atoms with Gasteiger partial charge in [-0.15, -0.1) is 0 Å². The van der Waals surface area contributed by atoms with E-state index >= 15 is 0 Å². The molecule has 0 saturated heterocycles. The van der Waals surface area contributed by atoms with E-state index < -0.39 is 24.0 Å². The second kappa shape index (κ2) is 27.9. The molecule has 0 aliphatic heterocycles. The maximum atomic E-state index is 13.5. The van der Waals surface area contributed by atoms with Crippen molar-refractivity contribution in [3.63, 3.8) is 0 Å². The molecule has 2 aromatic carbocycles. The fourth-order valence-electron chi connectivity index (χ4n) is 9.71. The summed E-state index contributed by atoms with van der Waals surface area (Å²) >= 11 is 0. The van der Waals surface area contributed by atoms with E-state index in [1.54, 1.807) is 4.90 Å². The van der Waals surface area contributed by atoms with Gasteiger partial charge in [-0.25, -0.2) is 0 Å². The van der Waals surface area contributed by atoms with Gasteiger partial charge in [-0.2, -0.15) is 0 Å². The molecule has 2 saturated carbocycles. The van der Waals surface area contributed by atoms with Crippen LogP contribution in [0.2, 0.25) is 0 Å². The highest BCUT2D eigenvalue weighted by molar-refractivity contribution is 5.94. The highest BCUT2D eigenvalue weighted by Crippen LogP contribution is 2.28. The van der Waals surface area contributed by atoms with Gasteiger partial charge in [0, 0.05) is 47.3 Å². The Hall–Kier alpha value is -5.66. The molecule has 6 rings (SSSR count). The first-order valence-corrected chi connectivity index (χ1v) is 25.0. The third-order valence-electron chi connectivity index (χ3n) is 13.6. The van der Waals surface area contributed by atoms with Gasteiger partial charge in [0.05, 0.1) is 20.0 Å². The molecule has 2 heterocycles. The summed E-state index contributed by atoms with van der Waals surface area (Å²) in [6.45, 7) is 4.63. The van der Waals surface area contributed by atoms with E-state index in [0.717, 1.165) is 84.3 Å². The number of para-hydroxylation sites is 2. The van der Waals surface area contributed by atoms with E-state index in [2.05, 4.69) is 27.5 Å². The monoisotopic (exact) mass is 925 g/mol. The lowest BCUT2D eigenvalue weighted by Crippen LogP contribution is -2.50.